The van der Waals surface area contributed by atoms with Gasteiger partial charge in [0, 0.05) is 5.56 Å². The third kappa shape index (κ3) is 3.01. The van der Waals surface area contributed by atoms with Gasteiger partial charge in [0.2, 0.25) is 0 Å². The number of rotatable bonds is 3. The van der Waals surface area contributed by atoms with Gasteiger partial charge >= 0.3 is 0 Å². The summed E-state index contributed by atoms with van der Waals surface area (Å²) in [5.41, 5.74) is 3.76. The lowest BCUT2D eigenvalue weighted by atomic mass is 10.0. The van der Waals surface area contributed by atoms with E-state index in [2.05, 4.69) is 10.5 Å². The highest BCUT2D eigenvalue weighted by Crippen LogP contribution is 2.18. The molecule has 0 aliphatic heterocycles. The molecule has 108 valence electrons. The molecular weight excluding hydrogens is 279 g/mol. The van der Waals surface area contributed by atoms with Crippen LogP contribution in [0.5, 0.6) is 0 Å². The average molecular weight is 292 g/mol. The van der Waals surface area contributed by atoms with Crippen molar-refractivity contribution in [2.24, 2.45) is 5.10 Å². The maximum atomic E-state index is 12.8. The van der Waals surface area contributed by atoms with Gasteiger partial charge in [0.15, 0.2) is 0 Å². The molecule has 0 atom stereocenters. The van der Waals surface area contributed by atoms with Gasteiger partial charge < -0.3 is 0 Å². The summed E-state index contributed by atoms with van der Waals surface area (Å²) in [6.07, 6.45) is 1.47. The van der Waals surface area contributed by atoms with E-state index >= 15 is 0 Å². The standard InChI is InChI=1S/C18H13FN2O/c19-15-10-8-13(9-11-15)12-20-21-18(22)17-7-3-5-14-4-1-2-6-16(14)17/h1-12H,(H,21,22)/b20-12+. The van der Waals surface area contributed by atoms with E-state index in [0.29, 0.717) is 11.1 Å². The van der Waals surface area contributed by atoms with Crippen LogP contribution in [0.2, 0.25) is 0 Å². The molecule has 1 amide bonds. The Hall–Kier alpha value is -3.01. The third-order valence-corrected chi connectivity index (χ3v) is 3.28. The summed E-state index contributed by atoms with van der Waals surface area (Å²) in [6, 6.07) is 19.1. The Morgan fingerprint density at radius 3 is 2.50 bits per heavy atom. The predicted octanol–water partition coefficient (Wildman–Crippen LogP) is 3.74. The van der Waals surface area contributed by atoms with Gasteiger partial charge in [-0.1, -0.05) is 48.5 Å². The van der Waals surface area contributed by atoms with Crippen molar-refractivity contribution in [1.82, 2.24) is 5.43 Å². The van der Waals surface area contributed by atoms with Crippen molar-refractivity contribution in [2.45, 2.75) is 0 Å². The highest BCUT2D eigenvalue weighted by Gasteiger charge is 2.08. The van der Waals surface area contributed by atoms with Crippen molar-refractivity contribution >= 4 is 22.9 Å². The second kappa shape index (κ2) is 6.18. The molecule has 3 nitrogen and oxygen atoms in total. The number of carbonyl (C=O) groups excluding carboxylic acids is 1. The molecule has 0 radical (unpaired) electrons. The Kier molecular flexibility index (Phi) is 3.92. The van der Waals surface area contributed by atoms with E-state index in [4.69, 9.17) is 0 Å². The Morgan fingerprint density at radius 1 is 0.955 bits per heavy atom. The second-order valence-corrected chi connectivity index (χ2v) is 4.78. The molecule has 0 unspecified atom stereocenters. The lowest BCUT2D eigenvalue weighted by molar-refractivity contribution is 0.0957. The van der Waals surface area contributed by atoms with Crippen LogP contribution in [0.1, 0.15) is 15.9 Å². The topological polar surface area (TPSA) is 41.5 Å². The lowest BCUT2D eigenvalue weighted by Gasteiger charge is -2.04. The predicted molar refractivity (Wildman–Crippen MR) is 85.4 cm³/mol. The largest absolute Gasteiger partial charge is 0.271 e. The van der Waals surface area contributed by atoms with Crippen LogP contribution >= 0.6 is 0 Å². The fraction of sp³-hybridized carbons (Fsp3) is 0. The number of hydrazone groups is 1. The Morgan fingerprint density at radius 2 is 1.68 bits per heavy atom. The summed E-state index contributed by atoms with van der Waals surface area (Å²) in [4.78, 5) is 12.2. The molecule has 1 N–H and O–H groups in total. The van der Waals surface area contributed by atoms with E-state index in [1.54, 1.807) is 18.2 Å². The molecule has 22 heavy (non-hydrogen) atoms. The lowest BCUT2D eigenvalue weighted by Crippen LogP contribution is -2.17. The zero-order valence-electron chi connectivity index (χ0n) is 11.7. The summed E-state index contributed by atoms with van der Waals surface area (Å²) < 4.78 is 12.8. The van der Waals surface area contributed by atoms with E-state index in [-0.39, 0.29) is 11.7 Å². The number of nitrogens with one attached hydrogen (secondary N) is 1. The van der Waals surface area contributed by atoms with Crippen LogP contribution in [0.4, 0.5) is 4.39 Å². The minimum Gasteiger partial charge on any atom is -0.267 e. The fourth-order valence-electron chi connectivity index (χ4n) is 2.20. The highest BCUT2D eigenvalue weighted by molar-refractivity contribution is 6.07. The molecule has 3 rings (SSSR count). The smallest absolute Gasteiger partial charge is 0.267 e. The number of benzene rings is 3. The van der Waals surface area contributed by atoms with E-state index in [1.165, 1.54) is 18.3 Å². The molecule has 0 saturated heterocycles. The fourth-order valence-corrected chi connectivity index (χ4v) is 2.20. The van der Waals surface area contributed by atoms with Crippen molar-refractivity contribution < 1.29 is 9.18 Å². The zero-order chi connectivity index (χ0) is 15.4. The van der Waals surface area contributed by atoms with Gasteiger partial charge in [-0.15, -0.1) is 0 Å². The van der Waals surface area contributed by atoms with Crippen LogP contribution in [-0.2, 0) is 0 Å². The normalized spacial score (nSPS) is 11.0. The molecule has 0 aliphatic carbocycles. The zero-order valence-corrected chi connectivity index (χ0v) is 11.7. The molecule has 0 saturated carbocycles. The number of amides is 1. The maximum absolute atomic E-state index is 12.8. The molecule has 4 heteroatoms. The second-order valence-electron chi connectivity index (χ2n) is 4.78. The first kappa shape index (κ1) is 13.9. The Bertz CT molecular complexity index is 836. The highest BCUT2D eigenvalue weighted by atomic mass is 19.1. The summed E-state index contributed by atoms with van der Waals surface area (Å²) in [5.74, 6) is -0.591. The molecule has 3 aromatic rings. The summed E-state index contributed by atoms with van der Waals surface area (Å²) in [7, 11) is 0. The van der Waals surface area contributed by atoms with Gasteiger partial charge in [0.1, 0.15) is 5.82 Å². The first-order valence-electron chi connectivity index (χ1n) is 6.81. The van der Waals surface area contributed by atoms with Crippen LogP contribution in [0.25, 0.3) is 10.8 Å². The van der Waals surface area contributed by atoms with Gasteiger partial charge in [-0.25, -0.2) is 9.82 Å². The SMILES string of the molecule is O=C(N/N=C/c1ccc(F)cc1)c1cccc2ccccc12. The first-order chi connectivity index (χ1) is 10.7. The van der Waals surface area contributed by atoms with Gasteiger partial charge in [0.05, 0.1) is 6.21 Å². The summed E-state index contributed by atoms with van der Waals surface area (Å²) >= 11 is 0. The molecule has 0 spiro atoms. The van der Waals surface area contributed by atoms with Gasteiger partial charge in [0.25, 0.3) is 5.91 Å². The molecule has 3 aromatic carbocycles. The van der Waals surface area contributed by atoms with Gasteiger partial charge in [-0.05, 0) is 34.5 Å². The van der Waals surface area contributed by atoms with Crippen molar-refractivity contribution in [3.63, 3.8) is 0 Å². The Balaban J connectivity index is 1.77. The summed E-state index contributed by atoms with van der Waals surface area (Å²) in [5, 5.41) is 5.78. The van der Waals surface area contributed by atoms with Crippen LogP contribution in [0, 0.1) is 5.82 Å². The molecule has 0 heterocycles. The number of hydrogen-bond acceptors (Lipinski definition) is 2. The van der Waals surface area contributed by atoms with E-state index in [9.17, 15) is 9.18 Å². The third-order valence-electron chi connectivity index (χ3n) is 3.28. The average Bonchev–Trinajstić information content (AvgIpc) is 2.56. The van der Waals surface area contributed by atoms with Crippen molar-refractivity contribution in [3.8, 4) is 0 Å². The maximum Gasteiger partial charge on any atom is 0.271 e. The van der Waals surface area contributed by atoms with E-state index in [0.717, 1.165) is 10.8 Å². The van der Waals surface area contributed by atoms with Crippen molar-refractivity contribution in [3.05, 3.63) is 83.7 Å². The molecule has 0 bridgehead atoms. The summed E-state index contributed by atoms with van der Waals surface area (Å²) in [6.45, 7) is 0. The quantitative estimate of drug-likeness (QED) is 0.580. The van der Waals surface area contributed by atoms with Crippen LogP contribution in [-0.4, -0.2) is 12.1 Å². The monoisotopic (exact) mass is 292 g/mol. The number of carbonyl (C=O) groups is 1. The van der Waals surface area contributed by atoms with Crippen LogP contribution in [0.15, 0.2) is 71.8 Å². The first-order valence-corrected chi connectivity index (χ1v) is 6.81. The molecule has 0 aromatic heterocycles. The molecular formula is C18H13FN2O. The Labute approximate surface area is 127 Å². The minimum absolute atomic E-state index is 0.282. The number of nitrogens with zero attached hydrogens (tertiary/aromatic N) is 1. The van der Waals surface area contributed by atoms with E-state index in [1.807, 2.05) is 36.4 Å². The molecule has 0 aliphatic rings. The van der Waals surface area contributed by atoms with Crippen molar-refractivity contribution in [2.75, 3.05) is 0 Å². The van der Waals surface area contributed by atoms with Gasteiger partial charge in [-0.3, -0.25) is 4.79 Å². The van der Waals surface area contributed by atoms with E-state index < -0.39 is 0 Å². The minimum atomic E-state index is -0.308. The van der Waals surface area contributed by atoms with Crippen LogP contribution in [0.3, 0.4) is 0 Å². The van der Waals surface area contributed by atoms with Crippen LogP contribution < -0.4 is 5.43 Å². The number of fused-ring (bicyclic) bond motifs is 1. The van der Waals surface area contributed by atoms with Crippen molar-refractivity contribution in [1.29, 1.82) is 0 Å². The number of halogens is 1. The number of hydrogen-bond donors (Lipinski definition) is 1. The molecule has 0 fully saturated rings. The van der Waals surface area contributed by atoms with Gasteiger partial charge in [-0.2, -0.15) is 5.10 Å².